The van der Waals surface area contributed by atoms with Gasteiger partial charge < -0.3 is 0 Å². The third kappa shape index (κ3) is 3.76. The summed E-state index contributed by atoms with van der Waals surface area (Å²) in [6, 6.07) is 0. The first-order valence-electron chi connectivity index (χ1n) is 2.62. The van der Waals surface area contributed by atoms with Crippen molar-refractivity contribution >= 4 is 0 Å². The van der Waals surface area contributed by atoms with Crippen LogP contribution in [-0.2, 0) is 0 Å². The van der Waals surface area contributed by atoms with Gasteiger partial charge in [-0.2, -0.15) is 5.43 Å². The molecule has 0 spiro atoms. The number of hydrogen-bond donors (Lipinski definition) is 0. The van der Waals surface area contributed by atoms with E-state index in [0.717, 1.165) is 6.54 Å². The zero-order valence-electron chi connectivity index (χ0n) is 5.31. The predicted molar refractivity (Wildman–Crippen MR) is 31.0 cm³/mol. The number of hydrogen-bond acceptors (Lipinski definition) is 1. The molecule has 0 unspecified atom stereocenters. The van der Waals surface area contributed by atoms with Gasteiger partial charge >= 0.3 is 0 Å². The monoisotopic (exact) mass is 101 g/mol. The van der Waals surface area contributed by atoms with Crippen LogP contribution >= 0.6 is 0 Å². The molecule has 0 fully saturated rings. The van der Waals surface area contributed by atoms with Gasteiger partial charge in [0.15, 0.2) is 0 Å². The lowest BCUT2D eigenvalue weighted by atomic mass is 10.5. The molecule has 0 rings (SSSR count). The SMILES string of the molecule is CCCN(C)[N]C. The third-order valence-electron chi connectivity index (χ3n) is 0.889. The molecule has 2 heteroatoms. The molecule has 7 heavy (non-hydrogen) atoms. The average Bonchev–Trinajstić information content (AvgIpc) is 1.68. The smallest absolute Gasteiger partial charge is 0.0192 e. The Balaban J connectivity index is 2.83. The van der Waals surface area contributed by atoms with Crippen molar-refractivity contribution in [2.45, 2.75) is 13.3 Å². The van der Waals surface area contributed by atoms with E-state index >= 15 is 0 Å². The Bertz CT molecular complexity index is 37.1. The van der Waals surface area contributed by atoms with Gasteiger partial charge in [0.05, 0.1) is 0 Å². The zero-order chi connectivity index (χ0) is 5.70. The van der Waals surface area contributed by atoms with Gasteiger partial charge in [-0.15, -0.1) is 0 Å². The Morgan fingerprint density at radius 1 is 1.57 bits per heavy atom. The highest BCUT2D eigenvalue weighted by Gasteiger charge is 1.87. The summed E-state index contributed by atoms with van der Waals surface area (Å²) in [5.41, 5.74) is 3.91. The highest BCUT2D eigenvalue weighted by molar-refractivity contribution is 4.34. The molecule has 0 N–H and O–H groups in total. The van der Waals surface area contributed by atoms with Crippen LogP contribution < -0.4 is 5.43 Å². The van der Waals surface area contributed by atoms with Crippen molar-refractivity contribution in [3.8, 4) is 0 Å². The molecule has 0 aromatic rings. The van der Waals surface area contributed by atoms with Gasteiger partial charge in [0.2, 0.25) is 0 Å². The summed E-state index contributed by atoms with van der Waals surface area (Å²) < 4.78 is 0. The maximum atomic E-state index is 3.91. The van der Waals surface area contributed by atoms with Crippen molar-refractivity contribution in [1.29, 1.82) is 0 Å². The lowest BCUT2D eigenvalue weighted by Gasteiger charge is -2.09. The summed E-state index contributed by atoms with van der Waals surface area (Å²) in [6.07, 6.45) is 1.17. The molecule has 2 nitrogen and oxygen atoms in total. The van der Waals surface area contributed by atoms with Gasteiger partial charge in [-0.05, 0) is 6.42 Å². The van der Waals surface area contributed by atoms with Crippen molar-refractivity contribution in [1.82, 2.24) is 10.4 Å². The quantitative estimate of drug-likeness (QED) is 0.472. The highest BCUT2D eigenvalue weighted by Crippen LogP contribution is 1.78. The second-order valence-electron chi connectivity index (χ2n) is 1.58. The minimum atomic E-state index is 1.07. The predicted octanol–water partition coefficient (Wildman–Crippen LogP) is 0.477. The molecular formula is C5H13N2. The summed E-state index contributed by atoms with van der Waals surface area (Å²) in [4.78, 5) is 0. The lowest BCUT2D eigenvalue weighted by molar-refractivity contribution is 0.252. The summed E-state index contributed by atoms with van der Waals surface area (Å²) in [6.45, 7) is 3.21. The minimum Gasteiger partial charge on any atom is -0.230 e. The van der Waals surface area contributed by atoms with Crippen LogP contribution in [0.4, 0.5) is 0 Å². The lowest BCUT2D eigenvalue weighted by Crippen LogP contribution is -2.24. The van der Waals surface area contributed by atoms with Crippen LogP contribution in [0.15, 0.2) is 0 Å². The van der Waals surface area contributed by atoms with Gasteiger partial charge in [0.1, 0.15) is 0 Å². The van der Waals surface area contributed by atoms with E-state index < -0.39 is 0 Å². The Kier molecular flexibility index (Phi) is 4.04. The van der Waals surface area contributed by atoms with E-state index in [0.29, 0.717) is 0 Å². The fraction of sp³-hybridized carbons (Fsp3) is 1.00. The maximum Gasteiger partial charge on any atom is 0.0192 e. The van der Waals surface area contributed by atoms with Crippen molar-refractivity contribution < 1.29 is 0 Å². The summed E-state index contributed by atoms with van der Waals surface area (Å²) >= 11 is 0. The molecule has 0 amide bonds. The van der Waals surface area contributed by atoms with E-state index in [9.17, 15) is 0 Å². The van der Waals surface area contributed by atoms with Crippen molar-refractivity contribution in [2.24, 2.45) is 0 Å². The van der Waals surface area contributed by atoms with Crippen LogP contribution in [0.5, 0.6) is 0 Å². The average molecular weight is 101 g/mol. The molecule has 0 heterocycles. The summed E-state index contributed by atoms with van der Waals surface area (Å²) in [5, 5.41) is 1.93. The van der Waals surface area contributed by atoms with Gasteiger partial charge in [-0.3, -0.25) is 0 Å². The Labute approximate surface area is 45.5 Å². The van der Waals surface area contributed by atoms with E-state index in [2.05, 4.69) is 12.3 Å². The Morgan fingerprint density at radius 3 is 2.29 bits per heavy atom. The van der Waals surface area contributed by atoms with E-state index in [4.69, 9.17) is 0 Å². The molecule has 0 saturated heterocycles. The van der Waals surface area contributed by atoms with Crippen molar-refractivity contribution in [3.63, 3.8) is 0 Å². The first kappa shape index (κ1) is 6.92. The van der Waals surface area contributed by atoms with Crippen molar-refractivity contribution in [2.75, 3.05) is 20.6 Å². The van der Waals surface area contributed by atoms with Gasteiger partial charge in [0.25, 0.3) is 0 Å². The standard InChI is InChI=1S/C5H13N2/c1-4-5-7(3)6-2/h4-5H2,1-3H3. The molecule has 0 aliphatic carbocycles. The van der Waals surface area contributed by atoms with Gasteiger partial charge in [-0.1, -0.05) is 6.92 Å². The third-order valence-corrected chi connectivity index (χ3v) is 0.889. The molecule has 1 radical (unpaired) electrons. The van der Waals surface area contributed by atoms with E-state index in [1.54, 1.807) is 7.05 Å². The van der Waals surface area contributed by atoms with Crippen LogP contribution in [0.2, 0.25) is 0 Å². The van der Waals surface area contributed by atoms with Gasteiger partial charge in [-0.25, -0.2) is 5.01 Å². The second kappa shape index (κ2) is 4.09. The second-order valence-corrected chi connectivity index (χ2v) is 1.58. The summed E-state index contributed by atoms with van der Waals surface area (Å²) in [5.74, 6) is 0. The molecule has 0 aromatic heterocycles. The van der Waals surface area contributed by atoms with E-state index in [-0.39, 0.29) is 0 Å². The fourth-order valence-electron chi connectivity index (χ4n) is 0.424. The Hall–Kier alpha value is -0.0800. The maximum absolute atomic E-state index is 3.91. The zero-order valence-corrected chi connectivity index (χ0v) is 5.31. The molecule has 0 bridgehead atoms. The Morgan fingerprint density at radius 2 is 2.14 bits per heavy atom. The van der Waals surface area contributed by atoms with Crippen LogP contribution in [0.1, 0.15) is 13.3 Å². The summed E-state index contributed by atoms with van der Waals surface area (Å²) in [7, 11) is 3.78. The minimum absolute atomic E-state index is 1.07. The first-order valence-corrected chi connectivity index (χ1v) is 2.62. The van der Waals surface area contributed by atoms with Crippen LogP contribution in [0, 0.1) is 0 Å². The molecule has 0 saturated carbocycles. The topological polar surface area (TPSA) is 17.3 Å². The molecule has 0 aliphatic heterocycles. The number of rotatable bonds is 3. The van der Waals surface area contributed by atoms with Gasteiger partial charge in [0, 0.05) is 20.6 Å². The number of nitrogens with zero attached hydrogens (tertiary/aromatic N) is 2. The van der Waals surface area contributed by atoms with E-state index in [1.165, 1.54) is 6.42 Å². The fourth-order valence-corrected chi connectivity index (χ4v) is 0.424. The van der Waals surface area contributed by atoms with Crippen molar-refractivity contribution in [3.05, 3.63) is 0 Å². The molecule has 0 aliphatic rings. The normalized spacial score (nSPS) is 10.3. The first-order chi connectivity index (χ1) is 3.31. The highest BCUT2D eigenvalue weighted by atomic mass is 15.5. The molecule has 0 aromatic carbocycles. The van der Waals surface area contributed by atoms with E-state index in [1.807, 2.05) is 12.1 Å². The molecule has 43 valence electrons. The molecule has 0 atom stereocenters. The van der Waals surface area contributed by atoms with Crippen LogP contribution in [0.25, 0.3) is 0 Å². The van der Waals surface area contributed by atoms with Crippen LogP contribution in [0.3, 0.4) is 0 Å². The van der Waals surface area contributed by atoms with Crippen LogP contribution in [-0.4, -0.2) is 25.6 Å². The largest absolute Gasteiger partial charge is 0.230 e. The molecular weight excluding hydrogens is 88.1 g/mol.